The number of piperidine rings is 1. The van der Waals surface area contributed by atoms with Crippen LogP contribution in [0.5, 0.6) is 0 Å². The SMILES string of the molecule is C[C@H]1CCCN([C@@H](C)c2nc(C(C)(C)C)no2)C1. The average molecular weight is 251 g/mol. The van der Waals surface area contributed by atoms with Gasteiger partial charge in [0.1, 0.15) is 0 Å². The average Bonchev–Trinajstić information content (AvgIpc) is 2.77. The first-order valence-corrected chi connectivity index (χ1v) is 6.96. The van der Waals surface area contributed by atoms with E-state index in [4.69, 9.17) is 4.52 Å². The number of hydrogen-bond acceptors (Lipinski definition) is 4. The van der Waals surface area contributed by atoms with Crippen LogP contribution in [0, 0.1) is 5.92 Å². The molecule has 2 atom stereocenters. The van der Waals surface area contributed by atoms with Crippen molar-refractivity contribution in [1.82, 2.24) is 15.0 Å². The van der Waals surface area contributed by atoms with Crippen LogP contribution in [0.2, 0.25) is 0 Å². The maximum atomic E-state index is 5.44. The van der Waals surface area contributed by atoms with Gasteiger partial charge in [0, 0.05) is 12.0 Å². The fourth-order valence-electron chi connectivity index (χ4n) is 2.44. The van der Waals surface area contributed by atoms with Gasteiger partial charge in [0.15, 0.2) is 5.82 Å². The third-order valence-electron chi connectivity index (χ3n) is 3.71. The Morgan fingerprint density at radius 2 is 2.11 bits per heavy atom. The predicted octanol–water partition coefficient (Wildman–Crippen LogP) is 3.16. The van der Waals surface area contributed by atoms with Crippen LogP contribution < -0.4 is 0 Å². The summed E-state index contributed by atoms with van der Waals surface area (Å²) in [6.45, 7) is 13.1. The molecule has 4 heteroatoms. The molecule has 0 aromatic carbocycles. The number of nitrogens with zero attached hydrogens (tertiary/aromatic N) is 3. The Morgan fingerprint density at radius 3 is 2.67 bits per heavy atom. The molecule has 1 aromatic heterocycles. The second-order valence-corrected chi connectivity index (χ2v) is 6.62. The third kappa shape index (κ3) is 2.91. The summed E-state index contributed by atoms with van der Waals surface area (Å²) in [5, 5.41) is 4.11. The number of hydrogen-bond donors (Lipinski definition) is 0. The van der Waals surface area contributed by atoms with Gasteiger partial charge in [0.05, 0.1) is 6.04 Å². The summed E-state index contributed by atoms with van der Waals surface area (Å²) in [5.41, 5.74) is -0.0450. The van der Waals surface area contributed by atoms with E-state index in [0.29, 0.717) is 0 Å². The Morgan fingerprint density at radius 1 is 1.39 bits per heavy atom. The Labute approximate surface area is 110 Å². The first-order chi connectivity index (χ1) is 8.38. The highest BCUT2D eigenvalue weighted by Gasteiger charge is 2.28. The monoisotopic (exact) mass is 251 g/mol. The second-order valence-electron chi connectivity index (χ2n) is 6.62. The highest BCUT2D eigenvalue weighted by Crippen LogP contribution is 2.27. The maximum Gasteiger partial charge on any atom is 0.243 e. The van der Waals surface area contributed by atoms with Crippen LogP contribution in [0.25, 0.3) is 0 Å². The molecule has 0 amide bonds. The van der Waals surface area contributed by atoms with Crippen molar-refractivity contribution in [3.63, 3.8) is 0 Å². The summed E-state index contributed by atoms with van der Waals surface area (Å²) < 4.78 is 5.44. The summed E-state index contributed by atoms with van der Waals surface area (Å²) in [6.07, 6.45) is 2.60. The van der Waals surface area contributed by atoms with Crippen LogP contribution >= 0.6 is 0 Å². The quantitative estimate of drug-likeness (QED) is 0.809. The summed E-state index contributed by atoms with van der Waals surface area (Å²) in [5.74, 6) is 2.33. The molecule has 102 valence electrons. The molecule has 0 aliphatic carbocycles. The van der Waals surface area contributed by atoms with Crippen LogP contribution in [0.1, 0.15) is 65.2 Å². The van der Waals surface area contributed by atoms with Crippen molar-refractivity contribution in [3.8, 4) is 0 Å². The van der Waals surface area contributed by atoms with E-state index < -0.39 is 0 Å². The van der Waals surface area contributed by atoms with E-state index in [1.807, 2.05) is 0 Å². The van der Waals surface area contributed by atoms with Gasteiger partial charge >= 0.3 is 0 Å². The van der Waals surface area contributed by atoms with E-state index in [1.165, 1.54) is 12.8 Å². The molecule has 18 heavy (non-hydrogen) atoms. The van der Waals surface area contributed by atoms with Gasteiger partial charge in [0.25, 0.3) is 0 Å². The van der Waals surface area contributed by atoms with E-state index in [-0.39, 0.29) is 11.5 Å². The molecule has 1 aromatic rings. The first-order valence-electron chi connectivity index (χ1n) is 6.96. The molecule has 1 aliphatic heterocycles. The number of likely N-dealkylation sites (tertiary alicyclic amines) is 1. The van der Waals surface area contributed by atoms with Gasteiger partial charge in [-0.15, -0.1) is 0 Å². The van der Waals surface area contributed by atoms with Crippen molar-refractivity contribution in [2.75, 3.05) is 13.1 Å². The third-order valence-corrected chi connectivity index (χ3v) is 3.71. The summed E-state index contributed by atoms with van der Waals surface area (Å²) in [4.78, 5) is 7.01. The number of aromatic nitrogens is 2. The molecule has 0 saturated carbocycles. The lowest BCUT2D eigenvalue weighted by Crippen LogP contribution is -2.36. The summed E-state index contributed by atoms with van der Waals surface area (Å²) >= 11 is 0. The van der Waals surface area contributed by atoms with Gasteiger partial charge in [0.2, 0.25) is 5.89 Å². The topological polar surface area (TPSA) is 42.2 Å². The first kappa shape index (κ1) is 13.5. The molecular formula is C14H25N3O. The minimum Gasteiger partial charge on any atom is -0.338 e. The summed E-state index contributed by atoms with van der Waals surface area (Å²) in [7, 11) is 0. The van der Waals surface area contributed by atoms with Gasteiger partial charge in [-0.2, -0.15) is 4.98 Å². The molecule has 4 nitrogen and oxygen atoms in total. The normalized spacial score (nSPS) is 24.2. The van der Waals surface area contributed by atoms with Crippen LogP contribution in [-0.2, 0) is 5.41 Å². The van der Waals surface area contributed by atoms with Crippen molar-refractivity contribution in [2.45, 2.75) is 58.9 Å². The van der Waals surface area contributed by atoms with Gasteiger partial charge in [-0.1, -0.05) is 32.9 Å². The maximum absolute atomic E-state index is 5.44. The zero-order valence-corrected chi connectivity index (χ0v) is 12.2. The van der Waals surface area contributed by atoms with Gasteiger partial charge < -0.3 is 4.52 Å². The zero-order chi connectivity index (χ0) is 13.3. The minimum absolute atomic E-state index is 0.0450. The van der Waals surface area contributed by atoms with Crippen molar-refractivity contribution in [2.24, 2.45) is 5.92 Å². The highest BCUT2D eigenvalue weighted by molar-refractivity contribution is 5.02. The molecule has 0 spiro atoms. The van der Waals surface area contributed by atoms with E-state index in [2.05, 4.69) is 49.7 Å². The van der Waals surface area contributed by atoms with Crippen LogP contribution in [0.3, 0.4) is 0 Å². The Kier molecular flexibility index (Phi) is 3.76. The van der Waals surface area contributed by atoms with Crippen molar-refractivity contribution in [3.05, 3.63) is 11.7 Å². The largest absolute Gasteiger partial charge is 0.338 e. The zero-order valence-electron chi connectivity index (χ0n) is 12.2. The predicted molar refractivity (Wildman–Crippen MR) is 71.4 cm³/mol. The van der Waals surface area contributed by atoms with E-state index in [0.717, 1.165) is 30.7 Å². The molecule has 0 unspecified atom stereocenters. The molecule has 0 N–H and O–H groups in total. The Bertz CT molecular complexity index is 394. The van der Waals surface area contributed by atoms with Crippen molar-refractivity contribution in [1.29, 1.82) is 0 Å². The van der Waals surface area contributed by atoms with Crippen LogP contribution in [0.15, 0.2) is 4.52 Å². The highest BCUT2D eigenvalue weighted by atomic mass is 16.5. The molecule has 0 bridgehead atoms. The molecule has 1 saturated heterocycles. The number of rotatable bonds is 2. The smallest absolute Gasteiger partial charge is 0.243 e. The molecular weight excluding hydrogens is 226 g/mol. The molecule has 1 fully saturated rings. The molecule has 2 rings (SSSR count). The van der Waals surface area contributed by atoms with Crippen LogP contribution in [0.4, 0.5) is 0 Å². The lowest BCUT2D eigenvalue weighted by molar-refractivity contribution is 0.117. The van der Waals surface area contributed by atoms with Crippen molar-refractivity contribution < 1.29 is 4.52 Å². The fourth-order valence-corrected chi connectivity index (χ4v) is 2.44. The Hall–Kier alpha value is -0.900. The molecule has 1 aliphatic rings. The molecule has 2 heterocycles. The van der Waals surface area contributed by atoms with E-state index in [1.54, 1.807) is 0 Å². The van der Waals surface area contributed by atoms with E-state index >= 15 is 0 Å². The summed E-state index contributed by atoms with van der Waals surface area (Å²) in [6, 6.07) is 0.233. The Balaban J connectivity index is 2.09. The van der Waals surface area contributed by atoms with Crippen molar-refractivity contribution >= 4 is 0 Å². The van der Waals surface area contributed by atoms with Gasteiger partial charge in [-0.05, 0) is 32.2 Å². The standard InChI is InChI=1S/C14H25N3O/c1-10-7-6-8-17(9-10)11(2)12-15-13(16-18-12)14(3,4)5/h10-11H,6-9H2,1-5H3/t10-,11-/m0/s1. The van der Waals surface area contributed by atoms with Gasteiger partial charge in [-0.3, -0.25) is 4.90 Å². The van der Waals surface area contributed by atoms with E-state index in [9.17, 15) is 0 Å². The lowest BCUT2D eigenvalue weighted by Gasteiger charge is -2.33. The minimum atomic E-state index is -0.0450. The second kappa shape index (κ2) is 5.00. The lowest BCUT2D eigenvalue weighted by atomic mass is 9.96. The van der Waals surface area contributed by atoms with Gasteiger partial charge in [-0.25, -0.2) is 0 Å². The fraction of sp³-hybridized carbons (Fsp3) is 0.857. The van der Waals surface area contributed by atoms with Crippen LogP contribution in [-0.4, -0.2) is 28.1 Å². The molecule has 0 radical (unpaired) electrons.